The number of carbonyl (C=O) groups excluding carboxylic acids is 1. The molecule has 33 heavy (non-hydrogen) atoms. The Balaban J connectivity index is 1.57. The summed E-state index contributed by atoms with van der Waals surface area (Å²) in [5, 5.41) is 13.7. The second-order valence-corrected chi connectivity index (χ2v) is 8.17. The molecule has 176 valence electrons. The molecular formula is C22H24F4N6O. The van der Waals surface area contributed by atoms with Gasteiger partial charge in [-0.2, -0.15) is 10.2 Å². The van der Waals surface area contributed by atoms with E-state index in [-0.39, 0.29) is 11.5 Å². The molecule has 0 bridgehead atoms. The fourth-order valence-electron chi connectivity index (χ4n) is 4.01. The van der Waals surface area contributed by atoms with E-state index in [1.165, 1.54) is 6.07 Å². The fraction of sp³-hybridized carbons (Fsp3) is 0.409. The molecule has 1 aliphatic rings. The number of carbonyl (C=O) groups is 1. The SMILES string of the molecule is Cc1ccccc1Cn1nc(C)c(NC(=O)c2cc3n(n2)[C@@H](C(F)F)C[C@@H](C(F)F)N3)c1C. The maximum Gasteiger partial charge on any atom is 0.276 e. The molecule has 0 saturated heterocycles. The highest BCUT2D eigenvalue weighted by Gasteiger charge is 2.38. The van der Waals surface area contributed by atoms with Gasteiger partial charge in [0, 0.05) is 12.5 Å². The smallest absolute Gasteiger partial charge is 0.276 e. The van der Waals surface area contributed by atoms with Crippen LogP contribution in [0.5, 0.6) is 0 Å². The molecule has 1 amide bonds. The zero-order valence-electron chi connectivity index (χ0n) is 18.3. The standard InChI is InChI=1S/C22H24F4N6O/c1-11-6-4-5-7-14(11)10-31-13(3)19(12(2)29-31)28-22(33)16-9-18-27-15(20(23)24)8-17(21(25)26)32(18)30-16/h4-7,9,15,17,20-21,27H,8,10H2,1-3H3,(H,28,33)/t15-,17+/m0/s1. The molecule has 0 radical (unpaired) electrons. The fourth-order valence-corrected chi connectivity index (χ4v) is 4.01. The molecule has 0 aliphatic carbocycles. The number of amides is 1. The van der Waals surface area contributed by atoms with E-state index in [1.807, 2.05) is 38.1 Å². The lowest BCUT2D eigenvalue weighted by atomic mass is 10.1. The molecule has 1 aromatic carbocycles. The first-order valence-electron chi connectivity index (χ1n) is 10.5. The highest BCUT2D eigenvalue weighted by molar-refractivity contribution is 6.04. The minimum Gasteiger partial charge on any atom is -0.362 e. The van der Waals surface area contributed by atoms with E-state index in [4.69, 9.17) is 0 Å². The lowest BCUT2D eigenvalue weighted by molar-refractivity contribution is 0.0419. The number of hydrogen-bond acceptors (Lipinski definition) is 4. The number of anilines is 2. The summed E-state index contributed by atoms with van der Waals surface area (Å²) >= 11 is 0. The second kappa shape index (κ2) is 8.87. The topological polar surface area (TPSA) is 76.8 Å². The van der Waals surface area contributed by atoms with Crippen molar-refractivity contribution in [3.8, 4) is 0 Å². The van der Waals surface area contributed by atoms with Gasteiger partial charge in [0.05, 0.1) is 29.7 Å². The van der Waals surface area contributed by atoms with Crippen LogP contribution in [0.2, 0.25) is 0 Å². The van der Waals surface area contributed by atoms with Crippen molar-refractivity contribution in [2.45, 2.75) is 58.7 Å². The van der Waals surface area contributed by atoms with Gasteiger partial charge in [-0.25, -0.2) is 22.2 Å². The van der Waals surface area contributed by atoms with Gasteiger partial charge in [0.15, 0.2) is 5.69 Å². The Labute approximate surface area is 187 Å². The highest BCUT2D eigenvalue weighted by Crippen LogP contribution is 2.34. The minimum absolute atomic E-state index is 0.0364. The Bertz CT molecular complexity index is 1170. The number of aryl methyl sites for hydroxylation is 2. The van der Waals surface area contributed by atoms with Gasteiger partial charge in [-0.3, -0.25) is 9.48 Å². The largest absolute Gasteiger partial charge is 0.362 e. The summed E-state index contributed by atoms with van der Waals surface area (Å²) in [7, 11) is 0. The molecule has 7 nitrogen and oxygen atoms in total. The molecule has 0 unspecified atom stereocenters. The van der Waals surface area contributed by atoms with E-state index in [1.54, 1.807) is 11.6 Å². The maximum atomic E-state index is 13.5. The molecule has 0 spiro atoms. The summed E-state index contributed by atoms with van der Waals surface area (Å²) in [5.41, 5.74) is 3.84. The average Bonchev–Trinajstić information content (AvgIpc) is 3.31. The molecule has 0 fully saturated rings. The van der Waals surface area contributed by atoms with Crippen LogP contribution in [0.25, 0.3) is 0 Å². The van der Waals surface area contributed by atoms with Crippen molar-refractivity contribution in [1.82, 2.24) is 19.6 Å². The first-order chi connectivity index (χ1) is 15.7. The predicted molar refractivity (Wildman–Crippen MR) is 115 cm³/mol. The molecular weight excluding hydrogens is 440 g/mol. The normalized spacial score (nSPS) is 17.8. The number of nitrogens with zero attached hydrogens (tertiary/aromatic N) is 4. The maximum absolute atomic E-state index is 13.5. The van der Waals surface area contributed by atoms with Gasteiger partial charge >= 0.3 is 0 Å². The summed E-state index contributed by atoms with van der Waals surface area (Å²) in [6, 6.07) is 6.13. The van der Waals surface area contributed by atoms with Crippen LogP contribution >= 0.6 is 0 Å². The molecule has 3 aromatic rings. The van der Waals surface area contributed by atoms with Gasteiger partial charge < -0.3 is 10.6 Å². The zero-order chi connectivity index (χ0) is 23.9. The lowest BCUT2D eigenvalue weighted by Gasteiger charge is -2.31. The van der Waals surface area contributed by atoms with Crippen LogP contribution < -0.4 is 10.6 Å². The van der Waals surface area contributed by atoms with E-state index in [0.29, 0.717) is 17.9 Å². The number of halogens is 4. The third kappa shape index (κ3) is 4.44. The van der Waals surface area contributed by atoms with Gasteiger partial charge in [0.2, 0.25) is 0 Å². The molecule has 1 aliphatic heterocycles. The van der Waals surface area contributed by atoms with Gasteiger partial charge in [-0.1, -0.05) is 24.3 Å². The van der Waals surface area contributed by atoms with Crippen LogP contribution in [0.1, 0.15) is 45.5 Å². The Morgan fingerprint density at radius 2 is 1.88 bits per heavy atom. The van der Waals surface area contributed by atoms with E-state index in [9.17, 15) is 22.4 Å². The van der Waals surface area contributed by atoms with Crippen molar-refractivity contribution in [1.29, 1.82) is 0 Å². The predicted octanol–water partition coefficient (Wildman–Crippen LogP) is 4.56. The number of aromatic nitrogens is 4. The molecule has 2 N–H and O–H groups in total. The van der Waals surface area contributed by atoms with Crippen LogP contribution in [-0.2, 0) is 6.54 Å². The molecule has 4 rings (SSSR count). The highest BCUT2D eigenvalue weighted by atomic mass is 19.3. The summed E-state index contributed by atoms with van der Waals surface area (Å²) in [5.74, 6) is -0.673. The molecule has 11 heteroatoms. The third-order valence-corrected chi connectivity index (χ3v) is 5.91. The lowest BCUT2D eigenvalue weighted by Crippen LogP contribution is -2.39. The quantitative estimate of drug-likeness (QED) is 0.525. The van der Waals surface area contributed by atoms with Crippen LogP contribution in [0.4, 0.5) is 29.1 Å². The Hall–Kier alpha value is -3.37. The van der Waals surface area contributed by atoms with Crippen molar-refractivity contribution < 1.29 is 22.4 Å². The van der Waals surface area contributed by atoms with Crippen LogP contribution in [-0.4, -0.2) is 44.4 Å². The average molecular weight is 464 g/mol. The Morgan fingerprint density at radius 3 is 2.55 bits per heavy atom. The van der Waals surface area contributed by atoms with Gasteiger partial charge in [-0.05, 0) is 31.9 Å². The van der Waals surface area contributed by atoms with Crippen molar-refractivity contribution in [2.75, 3.05) is 10.6 Å². The first kappa shape index (κ1) is 22.8. The van der Waals surface area contributed by atoms with E-state index >= 15 is 0 Å². The zero-order valence-corrected chi connectivity index (χ0v) is 18.3. The second-order valence-electron chi connectivity index (χ2n) is 8.17. The number of rotatable bonds is 6. The van der Waals surface area contributed by atoms with Crippen LogP contribution in [0.15, 0.2) is 30.3 Å². The van der Waals surface area contributed by atoms with Crippen molar-refractivity contribution >= 4 is 17.4 Å². The molecule has 0 saturated carbocycles. The van der Waals surface area contributed by atoms with Gasteiger partial charge in [0.25, 0.3) is 18.8 Å². The van der Waals surface area contributed by atoms with Crippen LogP contribution in [0.3, 0.4) is 0 Å². The number of fused-ring (bicyclic) bond motifs is 1. The first-order valence-corrected chi connectivity index (χ1v) is 10.5. The van der Waals surface area contributed by atoms with Crippen molar-refractivity contribution in [2.24, 2.45) is 0 Å². The van der Waals surface area contributed by atoms with Crippen molar-refractivity contribution in [3.05, 3.63) is 58.5 Å². The van der Waals surface area contributed by atoms with Gasteiger partial charge in [0.1, 0.15) is 11.9 Å². The third-order valence-electron chi connectivity index (χ3n) is 5.91. The number of alkyl halides is 4. The van der Waals surface area contributed by atoms with Crippen LogP contribution in [0, 0.1) is 20.8 Å². The summed E-state index contributed by atoms with van der Waals surface area (Å²) < 4.78 is 55.9. The molecule has 3 heterocycles. The van der Waals surface area contributed by atoms with E-state index in [0.717, 1.165) is 21.5 Å². The summed E-state index contributed by atoms with van der Waals surface area (Å²) in [6.07, 6.45) is -6.21. The monoisotopic (exact) mass is 464 g/mol. The summed E-state index contributed by atoms with van der Waals surface area (Å²) in [4.78, 5) is 12.9. The number of nitrogens with one attached hydrogen (secondary N) is 2. The van der Waals surface area contributed by atoms with Gasteiger partial charge in [-0.15, -0.1) is 0 Å². The van der Waals surface area contributed by atoms with E-state index < -0.39 is 37.3 Å². The molecule has 2 aromatic heterocycles. The number of hydrogen-bond donors (Lipinski definition) is 2. The number of benzene rings is 1. The summed E-state index contributed by atoms with van der Waals surface area (Å²) in [6.45, 7) is 6.08. The minimum atomic E-state index is -2.90. The Kier molecular flexibility index (Phi) is 6.13. The van der Waals surface area contributed by atoms with Crippen molar-refractivity contribution in [3.63, 3.8) is 0 Å². The Morgan fingerprint density at radius 1 is 1.15 bits per heavy atom. The molecule has 2 atom stereocenters. The van der Waals surface area contributed by atoms with E-state index in [2.05, 4.69) is 20.8 Å².